The van der Waals surface area contributed by atoms with Crippen LogP contribution in [0.5, 0.6) is 0 Å². The van der Waals surface area contributed by atoms with Crippen LogP contribution in [0.4, 0.5) is 0 Å². The van der Waals surface area contributed by atoms with Gasteiger partial charge >= 0.3 is 0 Å². The van der Waals surface area contributed by atoms with Crippen LogP contribution >= 0.6 is 0 Å². The molecule has 5 nitrogen and oxygen atoms in total. The van der Waals surface area contributed by atoms with E-state index in [-0.39, 0.29) is 5.78 Å². The molecule has 16 heavy (non-hydrogen) atoms. The average molecular weight is 224 g/mol. The highest BCUT2D eigenvalue weighted by Gasteiger charge is 2.26. The largest absolute Gasteiger partial charge is 0.329 e. The number of carbonyl (C=O) groups excluding carboxylic acids is 1. The van der Waals surface area contributed by atoms with Crippen LogP contribution in [-0.4, -0.2) is 27.1 Å². The maximum absolute atomic E-state index is 12.0. The predicted octanol–water partition coefficient (Wildman–Crippen LogP) is 0.785. The van der Waals surface area contributed by atoms with Gasteiger partial charge in [-0.3, -0.25) is 4.79 Å². The van der Waals surface area contributed by atoms with Gasteiger partial charge in [0.1, 0.15) is 17.9 Å². The number of rotatable bonds is 6. The van der Waals surface area contributed by atoms with Crippen molar-refractivity contribution in [2.24, 2.45) is 11.1 Å². The Balaban J connectivity index is 2.73. The molecule has 0 unspecified atom stereocenters. The molecule has 1 rings (SSSR count). The highest BCUT2D eigenvalue weighted by atomic mass is 16.1. The lowest BCUT2D eigenvalue weighted by atomic mass is 9.86. The molecule has 0 fully saturated rings. The number of Topliss-reactive ketones (excluding diaryl/α,β-unsaturated/α-hetero) is 1. The van der Waals surface area contributed by atoms with E-state index < -0.39 is 5.41 Å². The second-order valence-electron chi connectivity index (χ2n) is 4.59. The van der Waals surface area contributed by atoms with Crippen LogP contribution in [0.15, 0.2) is 6.33 Å². The lowest BCUT2D eigenvalue weighted by molar-refractivity contribution is -0.126. The van der Waals surface area contributed by atoms with Gasteiger partial charge in [0.2, 0.25) is 0 Å². The van der Waals surface area contributed by atoms with E-state index in [0.717, 1.165) is 18.8 Å². The van der Waals surface area contributed by atoms with Crippen molar-refractivity contribution in [3.63, 3.8) is 0 Å². The minimum absolute atomic E-state index is 0.111. The van der Waals surface area contributed by atoms with Crippen LogP contribution in [0.1, 0.15) is 33.0 Å². The topological polar surface area (TPSA) is 73.8 Å². The Labute approximate surface area is 96.0 Å². The zero-order valence-corrected chi connectivity index (χ0v) is 10.2. The first-order valence-electron chi connectivity index (χ1n) is 5.61. The summed E-state index contributed by atoms with van der Waals surface area (Å²) in [6, 6.07) is 0. The van der Waals surface area contributed by atoms with E-state index in [1.54, 1.807) is 4.68 Å². The van der Waals surface area contributed by atoms with Crippen molar-refractivity contribution in [2.45, 2.75) is 40.2 Å². The van der Waals surface area contributed by atoms with Gasteiger partial charge in [0.25, 0.3) is 0 Å². The second-order valence-corrected chi connectivity index (χ2v) is 4.59. The summed E-state index contributed by atoms with van der Waals surface area (Å²) in [5.74, 6) is 0.841. The summed E-state index contributed by atoms with van der Waals surface area (Å²) in [5, 5.41) is 4.09. The molecule has 2 N–H and O–H groups in total. The summed E-state index contributed by atoms with van der Waals surface area (Å²) >= 11 is 0. The number of hydrogen-bond acceptors (Lipinski definition) is 4. The fourth-order valence-corrected chi connectivity index (χ4v) is 1.32. The van der Waals surface area contributed by atoms with Crippen molar-refractivity contribution < 1.29 is 4.79 Å². The molecule has 0 aliphatic rings. The second kappa shape index (κ2) is 5.21. The maximum atomic E-state index is 12.0. The SMILES string of the molecule is CCCn1ncnc1CC(=O)C(C)(C)CN. The Morgan fingerprint density at radius 1 is 1.56 bits per heavy atom. The van der Waals surface area contributed by atoms with Crippen LogP contribution in [-0.2, 0) is 17.8 Å². The summed E-state index contributed by atoms with van der Waals surface area (Å²) in [4.78, 5) is 16.1. The van der Waals surface area contributed by atoms with Crippen LogP contribution in [0.2, 0.25) is 0 Å². The first kappa shape index (κ1) is 12.8. The third-order valence-corrected chi connectivity index (χ3v) is 2.71. The summed E-state index contributed by atoms with van der Waals surface area (Å²) in [7, 11) is 0. The van der Waals surface area contributed by atoms with Crippen molar-refractivity contribution >= 4 is 5.78 Å². The quantitative estimate of drug-likeness (QED) is 0.775. The number of aryl methyl sites for hydroxylation is 1. The molecule has 1 aromatic rings. The summed E-state index contributed by atoms with van der Waals surface area (Å²) in [6.45, 7) is 6.93. The molecular formula is C11H20N4O. The van der Waals surface area contributed by atoms with Crippen molar-refractivity contribution in [1.82, 2.24) is 14.8 Å². The molecule has 1 aromatic heterocycles. The van der Waals surface area contributed by atoms with Gasteiger partial charge in [-0.05, 0) is 6.42 Å². The zero-order chi connectivity index (χ0) is 12.2. The average Bonchev–Trinajstić information content (AvgIpc) is 2.66. The number of nitrogens with two attached hydrogens (primary N) is 1. The normalized spacial score (nSPS) is 11.8. The van der Waals surface area contributed by atoms with Gasteiger partial charge in [0.05, 0.1) is 6.42 Å². The van der Waals surface area contributed by atoms with Crippen molar-refractivity contribution in [3.8, 4) is 0 Å². The van der Waals surface area contributed by atoms with Gasteiger partial charge in [-0.15, -0.1) is 0 Å². The highest BCUT2D eigenvalue weighted by molar-refractivity contribution is 5.85. The Morgan fingerprint density at radius 3 is 2.81 bits per heavy atom. The van der Waals surface area contributed by atoms with Crippen molar-refractivity contribution in [2.75, 3.05) is 6.54 Å². The van der Waals surface area contributed by atoms with Gasteiger partial charge < -0.3 is 5.73 Å². The van der Waals surface area contributed by atoms with Crippen LogP contribution in [0.3, 0.4) is 0 Å². The van der Waals surface area contributed by atoms with E-state index in [0.29, 0.717) is 13.0 Å². The molecule has 0 aliphatic heterocycles. The summed E-state index contributed by atoms with van der Waals surface area (Å²) in [6.07, 6.45) is 2.78. The summed E-state index contributed by atoms with van der Waals surface area (Å²) < 4.78 is 1.78. The van der Waals surface area contributed by atoms with Crippen LogP contribution in [0.25, 0.3) is 0 Å². The monoisotopic (exact) mass is 224 g/mol. The van der Waals surface area contributed by atoms with Crippen molar-refractivity contribution in [3.05, 3.63) is 12.2 Å². The maximum Gasteiger partial charge on any atom is 0.147 e. The lowest BCUT2D eigenvalue weighted by Gasteiger charge is -2.20. The molecule has 0 saturated heterocycles. The van der Waals surface area contributed by atoms with Crippen LogP contribution < -0.4 is 5.73 Å². The molecule has 0 aromatic carbocycles. The number of nitrogens with zero attached hydrogens (tertiary/aromatic N) is 3. The molecule has 90 valence electrons. The van der Waals surface area contributed by atoms with E-state index in [1.807, 2.05) is 13.8 Å². The van der Waals surface area contributed by atoms with Crippen molar-refractivity contribution in [1.29, 1.82) is 0 Å². The number of ketones is 1. The molecule has 0 bridgehead atoms. The van der Waals surface area contributed by atoms with E-state index >= 15 is 0 Å². The third-order valence-electron chi connectivity index (χ3n) is 2.71. The minimum Gasteiger partial charge on any atom is -0.329 e. The highest BCUT2D eigenvalue weighted by Crippen LogP contribution is 2.16. The molecule has 0 aliphatic carbocycles. The molecule has 0 amide bonds. The number of hydrogen-bond donors (Lipinski definition) is 1. The van der Waals surface area contributed by atoms with Gasteiger partial charge in [-0.25, -0.2) is 9.67 Å². The molecule has 1 heterocycles. The predicted molar refractivity (Wildman–Crippen MR) is 61.9 cm³/mol. The third kappa shape index (κ3) is 2.88. The fourth-order valence-electron chi connectivity index (χ4n) is 1.32. The first-order valence-corrected chi connectivity index (χ1v) is 5.61. The van der Waals surface area contributed by atoms with Crippen LogP contribution in [0, 0.1) is 5.41 Å². The van der Waals surface area contributed by atoms with Gasteiger partial charge in [0, 0.05) is 18.5 Å². The van der Waals surface area contributed by atoms with Gasteiger partial charge in [-0.1, -0.05) is 20.8 Å². The standard InChI is InChI=1S/C11H20N4O/c1-4-5-15-10(13-8-14-15)6-9(16)11(2,3)7-12/h8H,4-7,12H2,1-3H3. The minimum atomic E-state index is -0.483. The Morgan fingerprint density at radius 2 is 2.25 bits per heavy atom. The van der Waals surface area contributed by atoms with Gasteiger partial charge in [-0.2, -0.15) is 5.10 Å². The molecule has 0 spiro atoms. The molecule has 0 radical (unpaired) electrons. The zero-order valence-electron chi connectivity index (χ0n) is 10.2. The summed E-state index contributed by atoms with van der Waals surface area (Å²) in [5.41, 5.74) is 5.09. The van der Waals surface area contributed by atoms with E-state index in [1.165, 1.54) is 6.33 Å². The van der Waals surface area contributed by atoms with E-state index in [9.17, 15) is 4.79 Å². The molecule has 5 heteroatoms. The first-order chi connectivity index (χ1) is 7.51. The molecule has 0 saturated carbocycles. The molecule has 0 atom stereocenters. The lowest BCUT2D eigenvalue weighted by Crippen LogP contribution is -2.34. The Hall–Kier alpha value is -1.23. The van der Waals surface area contributed by atoms with E-state index in [4.69, 9.17) is 5.73 Å². The Bertz CT molecular complexity index is 357. The number of aromatic nitrogens is 3. The Kier molecular flexibility index (Phi) is 4.18. The van der Waals surface area contributed by atoms with E-state index in [2.05, 4.69) is 17.0 Å². The number of carbonyl (C=O) groups is 1. The smallest absolute Gasteiger partial charge is 0.147 e. The van der Waals surface area contributed by atoms with Gasteiger partial charge in [0.15, 0.2) is 0 Å². The molecular weight excluding hydrogens is 204 g/mol. The fraction of sp³-hybridized carbons (Fsp3) is 0.727.